The third-order valence-corrected chi connectivity index (χ3v) is 4.50. The molecule has 0 saturated carbocycles. The quantitative estimate of drug-likeness (QED) is 0.767. The second kappa shape index (κ2) is 4.20. The SMILES string of the molecule is O=S(=O)(Cl)c1ccc(C2=CCSC2)cc1. The van der Waals surface area contributed by atoms with E-state index in [0.717, 1.165) is 17.1 Å². The Morgan fingerprint density at radius 1 is 1.20 bits per heavy atom. The molecule has 1 aromatic carbocycles. The normalized spacial score (nSPS) is 16.5. The first-order chi connectivity index (χ1) is 7.07. The summed E-state index contributed by atoms with van der Waals surface area (Å²) in [5.41, 5.74) is 2.34. The predicted octanol–water partition coefficient (Wildman–Crippen LogP) is 2.74. The summed E-state index contributed by atoms with van der Waals surface area (Å²) >= 11 is 1.85. The summed E-state index contributed by atoms with van der Waals surface area (Å²) in [4.78, 5) is 0.152. The lowest BCUT2D eigenvalue weighted by Crippen LogP contribution is -1.91. The van der Waals surface area contributed by atoms with Crippen molar-refractivity contribution in [1.82, 2.24) is 0 Å². The topological polar surface area (TPSA) is 34.1 Å². The summed E-state index contributed by atoms with van der Waals surface area (Å²) in [5, 5.41) is 0. The van der Waals surface area contributed by atoms with Gasteiger partial charge in [-0.05, 0) is 23.3 Å². The van der Waals surface area contributed by atoms with Crippen molar-refractivity contribution < 1.29 is 8.42 Å². The van der Waals surface area contributed by atoms with Crippen LogP contribution in [0.3, 0.4) is 0 Å². The molecular weight excluding hydrogens is 252 g/mol. The van der Waals surface area contributed by atoms with Gasteiger partial charge in [0.25, 0.3) is 9.05 Å². The van der Waals surface area contributed by atoms with Crippen molar-refractivity contribution in [3.63, 3.8) is 0 Å². The molecule has 1 aliphatic heterocycles. The Morgan fingerprint density at radius 3 is 2.33 bits per heavy atom. The molecule has 80 valence electrons. The van der Waals surface area contributed by atoms with Gasteiger partial charge in [-0.1, -0.05) is 18.2 Å². The molecule has 15 heavy (non-hydrogen) atoms. The van der Waals surface area contributed by atoms with E-state index in [9.17, 15) is 8.42 Å². The number of thioether (sulfide) groups is 1. The van der Waals surface area contributed by atoms with Crippen molar-refractivity contribution in [2.24, 2.45) is 0 Å². The second-order valence-corrected chi connectivity index (χ2v) is 6.80. The van der Waals surface area contributed by atoms with Crippen LogP contribution in [0, 0.1) is 0 Å². The lowest BCUT2D eigenvalue weighted by molar-refractivity contribution is 0.609. The van der Waals surface area contributed by atoms with Gasteiger partial charge < -0.3 is 0 Å². The van der Waals surface area contributed by atoms with Gasteiger partial charge in [-0.15, -0.1) is 0 Å². The van der Waals surface area contributed by atoms with E-state index in [1.165, 1.54) is 5.57 Å². The molecule has 0 N–H and O–H groups in total. The molecule has 0 fully saturated rings. The minimum atomic E-state index is -3.60. The smallest absolute Gasteiger partial charge is 0.207 e. The van der Waals surface area contributed by atoms with Crippen LogP contribution >= 0.6 is 22.4 Å². The van der Waals surface area contributed by atoms with Crippen molar-refractivity contribution in [1.29, 1.82) is 0 Å². The monoisotopic (exact) mass is 260 g/mol. The van der Waals surface area contributed by atoms with E-state index in [1.807, 2.05) is 11.8 Å². The molecule has 5 heteroatoms. The van der Waals surface area contributed by atoms with Crippen LogP contribution in [-0.4, -0.2) is 19.9 Å². The Bertz CT molecular complexity index is 489. The van der Waals surface area contributed by atoms with E-state index in [-0.39, 0.29) is 4.90 Å². The fraction of sp³-hybridized carbons (Fsp3) is 0.200. The Balaban J connectivity index is 2.32. The summed E-state index contributed by atoms with van der Waals surface area (Å²) in [6.07, 6.45) is 2.16. The average Bonchev–Trinajstić information content (AvgIpc) is 2.69. The third-order valence-electron chi connectivity index (χ3n) is 2.21. The first kappa shape index (κ1) is 11.0. The van der Waals surface area contributed by atoms with Crippen LogP contribution in [0.2, 0.25) is 0 Å². The first-order valence-electron chi connectivity index (χ1n) is 4.39. The molecule has 2 rings (SSSR count). The Morgan fingerprint density at radius 2 is 1.87 bits per heavy atom. The third kappa shape index (κ3) is 2.56. The summed E-state index contributed by atoms with van der Waals surface area (Å²) in [6, 6.07) is 6.68. The van der Waals surface area contributed by atoms with Gasteiger partial charge in [0.2, 0.25) is 0 Å². The number of halogens is 1. The molecule has 0 atom stereocenters. The molecule has 0 bridgehead atoms. The van der Waals surface area contributed by atoms with E-state index in [0.29, 0.717) is 0 Å². The molecule has 1 aliphatic rings. The highest BCUT2D eigenvalue weighted by molar-refractivity contribution is 8.13. The summed E-state index contributed by atoms with van der Waals surface area (Å²) in [6.45, 7) is 0. The average molecular weight is 261 g/mol. The molecular formula is C10H9ClO2S2. The molecule has 1 aromatic rings. The van der Waals surface area contributed by atoms with Crippen LogP contribution in [0.4, 0.5) is 0 Å². The van der Waals surface area contributed by atoms with Crippen molar-refractivity contribution in [2.75, 3.05) is 11.5 Å². The maximum atomic E-state index is 11.0. The highest BCUT2D eigenvalue weighted by Gasteiger charge is 2.11. The van der Waals surface area contributed by atoms with Crippen molar-refractivity contribution in [3.8, 4) is 0 Å². The summed E-state index contributed by atoms with van der Waals surface area (Å²) < 4.78 is 22.0. The zero-order valence-corrected chi connectivity index (χ0v) is 10.2. The molecule has 0 amide bonds. The van der Waals surface area contributed by atoms with Crippen LogP contribution in [0.15, 0.2) is 35.2 Å². The fourth-order valence-corrected chi connectivity index (χ4v) is 3.13. The van der Waals surface area contributed by atoms with E-state index in [2.05, 4.69) is 6.08 Å². The lowest BCUT2D eigenvalue weighted by atomic mass is 10.1. The highest BCUT2D eigenvalue weighted by atomic mass is 35.7. The molecule has 0 aromatic heterocycles. The zero-order valence-electron chi connectivity index (χ0n) is 7.81. The van der Waals surface area contributed by atoms with Gasteiger partial charge in [0.15, 0.2) is 0 Å². The number of benzene rings is 1. The van der Waals surface area contributed by atoms with E-state index in [1.54, 1.807) is 24.3 Å². The van der Waals surface area contributed by atoms with Crippen molar-refractivity contribution in [3.05, 3.63) is 35.9 Å². The standard InChI is InChI=1S/C10H9ClO2S2/c11-15(12,13)10-3-1-8(2-4-10)9-5-6-14-7-9/h1-5H,6-7H2. The molecule has 0 radical (unpaired) electrons. The number of rotatable bonds is 2. The van der Waals surface area contributed by atoms with Gasteiger partial charge in [-0.3, -0.25) is 0 Å². The number of hydrogen-bond donors (Lipinski definition) is 0. The molecule has 0 unspecified atom stereocenters. The first-order valence-corrected chi connectivity index (χ1v) is 7.85. The lowest BCUT2D eigenvalue weighted by Gasteiger charge is -2.02. The Kier molecular flexibility index (Phi) is 3.09. The summed E-state index contributed by atoms with van der Waals surface area (Å²) in [5.74, 6) is 2.03. The Labute approximate surface area is 97.8 Å². The van der Waals surface area contributed by atoms with Crippen molar-refractivity contribution >= 4 is 37.1 Å². The largest absolute Gasteiger partial charge is 0.261 e. The van der Waals surface area contributed by atoms with Crippen LogP contribution < -0.4 is 0 Å². The van der Waals surface area contributed by atoms with Crippen LogP contribution in [0.5, 0.6) is 0 Å². The predicted molar refractivity (Wildman–Crippen MR) is 64.8 cm³/mol. The molecule has 0 saturated heterocycles. The maximum Gasteiger partial charge on any atom is 0.261 e. The molecule has 1 heterocycles. The van der Waals surface area contributed by atoms with Crippen molar-refractivity contribution in [2.45, 2.75) is 4.90 Å². The van der Waals surface area contributed by atoms with E-state index < -0.39 is 9.05 Å². The number of hydrogen-bond acceptors (Lipinski definition) is 3. The van der Waals surface area contributed by atoms with E-state index in [4.69, 9.17) is 10.7 Å². The van der Waals surface area contributed by atoms with Gasteiger partial charge in [0.1, 0.15) is 0 Å². The fourth-order valence-electron chi connectivity index (χ4n) is 1.42. The zero-order chi connectivity index (χ0) is 10.9. The Hall–Kier alpha value is -0.450. The van der Waals surface area contributed by atoms with Crippen LogP contribution in [-0.2, 0) is 9.05 Å². The van der Waals surface area contributed by atoms with Gasteiger partial charge in [-0.25, -0.2) is 8.42 Å². The van der Waals surface area contributed by atoms with Crippen LogP contribution in [0.1, 0.15) is 5.56 Å². The van der Waals surface area contributed by atoms with Gasteiger partial charge in [0, 0.05) is 22.2 Å². The van der Waals surface area contributed by atoms with E-state index >= 15 is 0 Å². The molecule has 2 nitrogen and oxygen atoms in total. The highest BCUT2D eigenvalue weighted by Crippen LogP contribution is 2.27. The maximum absolute atomic E-state index is 11.0. The summed E-state index contributed by atoms with van der Waals surface area (Å²) in [7, 11) is 1.63. The molecule has 0 spiro atoms. The minimum absolute atomic E-state index is 0.152. The second-order valence-electron chi connectivity index (χ2n) is 3.21. The molecule has 0 aliphatic carbocycles. The van der Waals surface area contributed by atoms with Gasteiger partial charge in [-0.2, -0.15) is 11.8 Å². The van der Waals surface area contributed by atoms with Crippen LogP contribution in [0.25, 0.3) is 5.57 Å². The minimum Gasteiger partial charge on any atom is -0.207 e. The van der Waals surface area contributed by atoms with Gasteiger partial charge in [0.05, 0.1) is 4.90 Å². The van der Waals surface area contributed by atoms with Gasteiger partial charge >= 0.3 is 0 Å².